The molecular formula is C19H20N2O8S. The van der Waals surface area contributed by atoms with E-state index in [1.807, 2.05) is 0 Å². The minimum atomic E-state index is -4.53. The van der Waals surface area contributed by atoms with E-state index in [0.29, 0.717) is 9.87 Å². The number of para-hydroxylation sites is 1. The molecule has 0 amide bonds. The van der Waals surface area contributed by atoms with E-state index in [9.17, 15) is 28.1 Å². The number of nitrogens with zero attached hydrogens (tertiary/aromatic N) is 2. The number of carbonyl (C=O) groups excluding carboxylic acids is 2. The summed E-state index contributed by atoms with van der Waals surface area (Å²) in [4.78, 5) is 33.8. The molecule has 0 aliphatic rings. The summed E-state index contributed by atoms with van der Waals surface area (Å²) in [5, 5.41) is 11.3. The van der Waals surface area contributed by atoms with Gasteiger partial charge in [0, 0.05) is 6.07 Å². The van der Waals surface area contributed by atoms with Crippen LogP contribution in [-0.4, -0.2) is 45.5 Å². The van der Waals surface area contributed by atoms with Crippen molar-refractivity contribution in [3.05, 3.63) is 63.7 Å². The predicted molar refractivity (Wildman–Crippen MR) is 107 cm³/mol. The lowest BCUT2D eigenvalue weighted by Crippen LogP contribution is -2.37. The van der Waals surface area contributed by atoms with Gasteiger partial charge in [0.15, 0.2) is 4.90 Å². The number of sulfonamides is 1. The molecule has 11 heteroatoms. The van der Waals surface area contributed by atoms with E-state index in [1.165, 1.54) is 37.3 Å². The van der Waals surface area contributed by atoms with Crippen molar-refractivity contribution in [2.45, 2.75) is 18.7 Å². The summed E-state index contributed by atoms with van der Waals surface area (Å²) in [6.45, 7) is 2.64. The number of carbonyl (C=O) groups is 2. The summed E-state index contributed by atoms with van der Waals surface area (Å²) < 4.78 is 36.8. The Morgan fingerprint density at radius 1 is 1.17 bits per heavy atom. The molecule has 30 heavy (non-hydrogen) atoms. The Morgan fingerprint density at radius 2 is 1.83 bits per heavy atom. The van der Waals surface area contributed by atoms with Crippen LogP contribution in [0.15, 0.2) is 47.4 Å². The fraction of sp³-hybridized carbons (Fsp3) is 0.263. The SMILES string of the molecule is CCOC(=O)c1ccc(N(CC(=O)OC)S(=O)(=O)c2ccccc2[N+](=O)[O-])c(C)c1. The molecule has 160 valence electrons. The highest BCUT2D eigenvalue weighted by Gasteiger charge is 2.34. The summed E-state index contributed by atoms with van der Waals surface area (Å²) in [5.74, 6) is -1.46. The first-order valence-electron chi connectivity index (χ1n) is 8.74. The van der Waals surface area contributed by atoms with Gasteiger partial charge < -0.3 is 9.47 Å². The molecule has 0 N–H and O–H groups in total. The zero-order chi connectivity index (χ0) is 22.5. The molecule has 2 rings (SSSR count). The van der Waals surface area contributed by atoms with Crippen molar-refractivity contribution in [2.75, 3.05) is 24.6 Å². The van der Waals surface area contributed by atoms with Crippen LogP contribution in [0.3, 0.4) is 0 Å². The maximum atomic E-state index is 13.3. The second-order valence-corrected chi connectivity index (χ2v) is 7.87. The highest BCUT2D eigenvalue weighted by molar-refractivity contribution is 7.93. The average Bonchev–Trinajstić information content (AvgIpc) is 2.72. The third-order valence-electron chi connectivity index (χ3n) is 4.11. The zero-order valence-electron chi connectivity index (χ0n) is 16.5. The number of hydrogen-bond acceptors (Lipinski definition) is 8. The largest absolute Gasteiger partial charge is 0.468 e. The molecule has 0 aliphatic heterocycles. The maximum Gasteiger partial charge on any atom is 0.338 e. The van der Waals surface area contributed by atoms with Gasteiger partial charge in [-0.2, -0.15) is 0 Å². The Morgan fingerprint density at radius 3 is 2.40 bits per heavy atom. The highest BCUT2D eigenvalue weighted by Crippen LogP contribution is 2.32. The number of ether oxygens (including phenoxy) is 2. The Kier molecular flexibility index (Phi) is 7.11. The molecule has 0 bridgehead atoms. The van der Waals surface area contributed by atoms with E-state index in [2.05, 4.69) is 4.74 Å². The molecular weight excluding hydrogens is 416 g/mol. The monoisotopic (exact) mass is 436 g/mol. The van der Waals surface area contributed by atoms with Crippen molar-refractivity contribution in [1.29, 1.82) is 0 Å². The number of methoxy groups -OCH3 is 1. The van der Waals surface area contributed by atoms with Crippen LogP contribution in [0.5, 0.6) is 0 Å². The molecule has 0 radical (unpaired) electrons. The molecule has 0 fully saturated rings. The second kappa shape index (κ2) is 9.35. The molecule has 0 heterocycles. The fourth-order valence-electron chi connectivity index (χ4n) is 2.70. The number of hydrogen-bond donors (Lipinski definition) is 0. The summed E-state index contributed by atoms with van der Waals surface area (Å²) in [6, 6.07) is 8.90. The van der Waals surface area contributed by atoms with Gasteiger partial charge in [-0.25, -0.2) is 13.2 Å². The molecule has 0 saturated heterocycles. The summed E-state index contributed by atoms with van der Waals surface area (Å²) >= 11 is 0. The summed E-state index contributed by atoms with van der Waals surface area (Å²) in [5.41, 5.74) is -0.0365. The topological polar surface area (TPSA) is 133 Å². The van der Waals surface area contributed by atoms with Crippen LogP contribution in [0.2, 0.25) is 0 Å². The van der Waals surface area contributed by atoms with Crippen LogP contribution in [0.1, 0.15) is 22.8 Å². The number of esters is 2. The number of benzene rings is 2. The van der Waals surface area contributed by atoms with Crippen molar-refractivity contribution < 1.29 is 32.4 Å². The van der Waals surface area contributed by atoms with Gasteiger partial charge >= 0.3 is 11.9 Å². The van der Waals surface area contributed by atoms with Gasteiger partial charge in [0.25, 0.3) is 15.7 Å². The quantitative estimate of drug-likeness (QED) is 0.350. The van der Waals surface area contributed by atoms with Crippen LogP contribution in [0.4, 0.5) is 11.4 Å². The van der Waals surface area contributed by atoms with Crippen LogP contribution in [0.25, 0.3) is 0 Å². The van der Waals surface area contributed by atoms with Gasteiger partial charge in [-0.05, 0) is 43.7 Å². The third-order valence-corrected chi connectivity index (χ3v) is 5.91. The molecule has 2 aromatic carbocycles. The zero-order valence-corrected chi connectivity index (χ0v) is 17.3. The van der Waals surface area contributed by atoms with E-state index < -0.39 is 44.0 Å². The number of nitro benzene ring substituents is 1. The molecule has 2 aromatic rings. The molecule has 0 aromatic heterocycles. The fourth-order valence-corrected chi connectivity index (χ4v) is 4.34. The predicted octanol–water partition coefficient (Wildman–Crippen LogP) is 2.45. The Labute approximate surface area is 173 Å². The number of rotatable bonds is 8. The highest BCUT2D eigenvalue weighted by atomic mass is 32.2. The normalized spacial score (nSPS) is 10.9. The summed E-state index contributed by atoms with van der Waals surface area (Å²) in [6.07, 6.45) is 0. The smallest absolute Gasteiger partial charge is 0.338 e. The minimum Gasteiger partial charge on any atom is -0.468 e. The average molecular weight is 436 g/mol. The van der Waals surface area contributed by atoms with Crippen molar-refractivity contribution in [1.82, 2.24) is 0 Å². The Hall–Kier alpha value is -3.47. The van der Waals surface area contributed by atoms with E-state index in [0.717, 1.165) is 19.2 Å². The van der Waals surface area contributed by atoms with Crippen LogP contribution in [-0.2, 0) is 24.3 Å². The molecule has 0 unspecified atom stereocenters. The Balaban J connectivity index is 2.64. The lowest BCUT2D eigenvalue weighted by atomic mass is 10.1. The number of aryl methyl sites for hydroxylation is 1. The molecule has 0 saturated carbocycles. The van der Waals surface area contributed by atoms with E-state index >= 15 is 0 Å². The lowest BCUT2D eigenvalue weighted by molar-refractivity contribution is -0.387. The second-order valence-electron chi connectivity index (χ2n) is 6.03. The lowest BCUT2D eigenvalue weighted by Gasteiger charge is -2.25. The van der Waals surface area contributed by atoms with Crippen molar-refractivity contribution in [3.8, 4) is 0 Å². The van der Waals surface area contributed by atoms with Crippen LogP contribution < -0.4 is 4.31 Å². The standard InChI is InChI=1S/C19H20N2O8S/c1-4-29-19(23)14-9-10-15(13(2)11-14)20(12-18(22)28-3)30(26,27)17-8-6-5-7-16(17)21(24)25/h5-11H,4,12H2,1-3H3. The molecule has 0 spiro atoms. The maximum absolute atomic E-state index is 13.3. The first kappa shape index (κ1) is 22.8. The van der Waals surface area contributed by atoms with Crippen molar-refractivity contribution in [2.24, 2.45) is 0 Å². The van der Waals surface area contributed by atoms with Gasteiger partial charge in [-0.15, -0.1) is 0 Å². The van der Waals surface area contributed by atoms with Crippen molar-refractivity contribution in [3.63, 3.8) is 0 Å². The molecule has 0 aliphatic carbocycles. The molecule has 0 atom stereocenters. The van der Waals surface area contributed by atoms with E-state index in [4.69, 9.17) is 4.74 Å². The molecule has 10 nitrogen and oxygen atoms in total. The van der Waals surface area contributed by atoms with Gasteiger partial charge in [-0.1, -0.05) is 12.1 Å². The first-order chi connectivity index (χ1) is 14.1. The van der Waals surface area contributed by atoms with E-state index in [1.54, 1.807) is 6.92 Å². The third kappa shape index (κ3) is 4.74. The summed E-state index contributed by atoms with van der Waals surface area (Å²) in [7, 11) is -3.43. The van der Waals surface area contributed by atoms with Crippen LogP contribution >= 0.6 is 0 Å². The van der Waals surface area contributed by atoms with Crippen LogP contribution in [0, 0.1) is 17.0 Å². The van der Waals surface area contributed by atoms with Crippen molar-refractivity contribution >= 4 is 33.3 Å². The van der Waals surface area contributed by atoms with Gasteiger partial charge in [-0.3, -0.25) is 19.2 Å². The van der Waals surface area contributed by atoms with Gasteiger partial charge in [0.2, 0.25) is 0 Å². The number of nitro groups is 1. The van der Waals surface area contributed by atoms with Gasteiger partial charge in [0.1, 0.15) is 6.54 Å². The first-order valence-corrected chi connectivity index (χ1v) is 10.2. The Bertz CT molecular complexity index is 1080. The van der Waals surface area contributed by atoms with E-state index in [-0.39, 0.29) is 17.9 Å². The number of anilines is 1. The minimum absolute atomic E-state index is 0.0617. The van der Waals surface area contributed by atoms with Gasteiger partial charge in [0.05, 0.1) is 29.9 Å².